The van der Waals surface area contributed by atoms with Gasteiger partial charge in [-0.15, -0.1) is 0 Å². The third-order valence-corrected chi connectivity index (χ3v) is 8.75. The summed E-state index contributed by atoms with van der Waals surface area (Å²) in [5.41, 5.74) is 5.10. The Morgan fingerprint density at radius 3 is 1.84 bits per heavy atom. The van der Waals surface area contributed by atoms with Gasteiger partial charge in [0.15, 0.2) is 9.68 Å². The fourth-order valence-corrected chi connectivity index (χ4v) is 5.68. The number of hydrogen-bond acceptors (Lipinski definition) is 3. The van der Waals surface area contributed by atoms with E-state index in [2.05, 4.69) is 109 Å². The minimum absolute atomic E-state index is 0.719. The van der Waals surface area contributed by atoms with Crippen molar-refractivity contribution in [1.82, 2.24) is 4.57 Å². The Morgan fingerprint density at radius 2 is 1.34 bits per heavy atom. The molecule has 0 aliphatic carbocycles. The lowest BCUT2D eigenvalue weighted by Crippen LogP contribution is -2.35. The van der Waals surface area contributed by atoms with Crippen LogP contribution in [0.4, 0.5) is 0 Å². The summed E-state index contributed by atoms with van der Waals surface area (Å²) in [4.78, 5) is 0. The molecule has 6 heteroatoms. The van der Waals surface area contributed by atoms with E-state index in [1.807, 2.05) is 26.0 Å². The molecule has 0 aliphatic rings. The maximum absolute atomic E-state index is 5.62. The molecule has 0 bridgehead atoms. The van der Waals surface area contributed by atoms with Gasteiger partial charge in [-0.05, 0) is 93.2 Å². The van der Waals surface area contributed by atoms with Crippen LogP contribution >= 0.6 is 0 Å². The quantitative estimate of drug-likeness (QED) is 0.334. The molecule has 3 rings (SSSR count). The van der Waals surface area contributed by atoms with Gasteiger partial charge in [0.05, 0.1) is 33.7 Å². The van der Waals surface area contributed by atoms with Gasteiger partial charge in [0.1, 0.15) is 11.5 Å². The van der Waals surface area contributed by atoms with Crippen molar-refractivity contribution in [1.29, 1.82) is 0 Å². The molecule has 0 atom stereocenters. The maximum Gasteiger partial charge on any atom is 0.182 e. The SMILES string of the molecule is CCN(CC)[Si]c1ccccc1.CCOc1c(C)cc(CC)c([Si])c1C.CCOc1ccc(CC)c([Si])c1. The summed E-state index contributed by atoms with van der Waals surface area (Å²) in [6.45, 7) is 20.6. The molecule has 0 spiro atoms. The van der Waals surface area contributed by atoms with Crippen LogP contribution < -0.4 is 25.0 Å². The molecule has 0 amide bonds. The highest BCUT2D eigenvalue weighted by Crippen LogP contribution is 2.23. The average molecular weight is 560 g/mol. The topological polar surface area (TPSA) is 21.7 Å². The van der Waals surface area contributed by atoms with Gasteiger partial charge < -0.3 is 14.0 Å². The number of benzene rings is 3. The number of rotatable bonds is 10. The molecule has 0 unspecified atom stereocenters. The predicted molar refractivity (Wildman–Crippen MR) is 169 cm³/mol. The first-order valence-corrected chi connectivity index (χ1v) is 15.7. The summed E-state index contributed by atoms with van der Waals surface area (Å²) < 4.78 is 13.4. The van der Waals surface area contributed by atoms with Crippen LogP contribution in [-0.4, -0.2) is 61.0 Å². The number of nitrogens with zero attached hydrogens (tertiary/aromatic N) is 1. The lowest BCUT2D eigenvalue weighted by Gasteiger charge is -2.16. The third-order valence-electron chi connectivity index (χ3n) is 6.05. The molecule has 0 fully saturated rings. The molecule has 202 valence electrons. The summed E-state index contributed by atoms with van der Waals surface area (Å²) in [7, 11) is 8.05. The Balaban J connectivity index is 0.000000286. The molecule has 3 aromatic carbocycles. The third kappa shape index (κ3) is 11.3. The Kier molecular flexibility index (Phi) is 17.0. The van der Waals surface area contributed by atoms with Gasteiger partial charge >= 0.3 is 0 Å². The molecule has 0 saturated heterocycles. The van der Waals surface area contributed by atoms with E-state index in [0.717, 1.165) is 65.5 Å². The van der Waals surface area contributed by atoms with Crippen LogP contribution in [0, 0.1) is 13.8 Å². The molecule has 0 saturated carbocycles. The van der Waals surface area contributed by atoms with Crippen molar-refractivity contribution in [2.24, 2.45) is 0 Å². The Morgan fingerprint density at radius 1 is 0.737 bits per heavy atom. The van der Waals surface area contributed by atoms with E-state index in [0.29, 0.717) is 0 Å². The standard InChI is InChI=1S/C12H17OSi.C10H15NSi.C10H13OSi/c1-5-10-7-8(3)11(13-6-2)9(4)12(10)14;1-3-11(4-2)12-10-8-6-5-7-9-10;1-3-8-5-6-9(11-4-2)7-10(8)12/h7H,5-6H2,1-4H3;5-9H,3-4H2,1-2H3;5-7H,3-4H2,1-2H3. The van der Waals surface area contributed by atoms with Gasteiger partial charge in [0.2, 0.25) is 0 Å². The first-order valence-electron chi connectivity index (χ1n) is 13.8. The van der Waals surface area contributed by atoms with Crippen molar-refractivity contribution in [2.75, 3.05) is 26.3 Å². The highest BCUT2D eigenvalue weighted by Gasteiger charge is 2.09. The molecule has 8 radical (unpaired) electrons. The highest BCUT2D eigenvalue weighted by molar-refractivity contribution is 6.50. The zero-order valence-electron chi connectivity index (χ0n) is 24.7. The fraction of sp³-hybridized carbons (Fsp3) is 0.438. The van der Waals surface area contributed by atoms with Gasteiger partial charge in [0, 0.05) is 0 Å². The van der Waals surface area contributed by atoms with Crippen LogP contribution in [0.1, 0.15) is 63.8 Å². The number of ether oxygens (including phenoxy) is 2. The van der Waals surface area contributed by atoms with E-state index in [4.69, 9.17) is 9.47 Å². The monoisotopic (exact) mass is 559 g/mol. The van der Waals surface area contributed by atoms with Crippen LogP contribution in [0.15, 0.2) is 54.6 Å². The maximum atomic E-state index is 5.62. The van der Waals surface area contributed by atoms with Crippen LogP contribution in [0.2, 0.25) is 0 Å². The molecule has 0 aliphatic heterocycles. The van der Waals surface area contributed by atoms with Crippen LogP contribution in [0.3, 0.4) is 0 Å². The zero-order chi connectivity index (χ0) is 28.5. The van der Waals surface area contributed by atoms with Crippen LogP contribution in [0.5, 0.6) is 11.5 Å². The summed E-state index contributed by atoms with van der Waals surface area (Å²) in [6.07, 6.45) is 2.10. The summed E-state index contributed by atoms with van der Waals surface area (Å²) >= 11 is 0. The van der Waals surface area contributed by atoms with Gasteiger partial charge in [-0.1, -0.05) is 80.5 Å². The second kappa shape index (κ2) is 19.0. The molecule has 38 heavy (non-hydrogen) atoms. The van der Waals surface area contributed by atoms with Crippen molar-refractivity contribution in [3.05, 3.63) is 76.9 Å². The first-order chi connectivity index (χ1) is 18.3. The van der Waals surface area contributed by atoms with Gasteiger partial charge in [0.25, 0.3) is 0 Å². The van der Waals surface area contributed by atoms with Crippen molar-refractivity contribution in [3.8, 4) is 11.5 Å². The Hall–Kier alpha value is -2.13. The molecule has 0 heterocycles. The van der Waals surface area contributed by atoms with Crippen LogP contribution in [-0.2, 0) is 12.8 Å². The van der Waals surface area contributed by atoms with E-state index in [1.54, 1.807) is 0 Å². The van der Waals surface area contributed by atoms with Crippen molar-refractivity contribution in [2.45, 2.75) is 68.2 Å². The van der Waals surface area contributed by atoms with E-state index >= 15 is 0 Å². The summed E-state index contributed by atoms with van der Waals surface area (Å²) in [5.74, 6) is 1.95. The van der Waals surface area contributed by atoms with Crippen LogP contribution in [0.25, 0.3) is 0 Å². The highest BCUT2D eigenvalue weighted by atomic mass is 28.2. The number of hydrogen-bond donors (Lipinski definition) is 0. The van der Waals surface area contributed by atoms with Crippen molar-refractivity contribution >= 4 is 45.7 Å². The van der Waals surface area contributed by atoms with Crippen molar-refractivity contribution in [3.63, 3.8) is 0 Å². The summed E-state index contributed by atoms with van der Waals surface area (Å²) in [6, 6.07) is 19.0. The van der Waals surface area contributed by atoms with E-state index in [9.17, 15) is 0 Å². The average Bonchev–Trinajstić information content (AvgIpc) is 2.93. The Labute approximate surface area is 242 Å². The lowest BCUT2D eigenvalue weighted by molar-refractivity contribution is 0.336. The van der Waals surface area contributed by atoms with E-state index in [1.165, 1.54) is 32.6 Å². The van der Waals surface area contributed by atoms with E-state index < -0.39 is 0 Å². The van der Waals surface area contributed by atoms with Crippen molar-refractivity contribution < 1.29 is 9.47 Å². The minimum atomic E-state index is 0.719. The second-order valence-electron chi connectivity index (χ2n) is 8.72. The van der Waals surface area contributed by atoms with Gasteiger partial charge in [-0.25, -0.2) is 0 Å². The first kappa shape index (κ1) is 33.9. The molecule has 0 aromatic heterocycles. The minimum Gasteiger partial charge on any atom is -0.494 e. The lowest BCUT2D eigenvalue weighted by atomic mass is 10.0. The molecular weight excluding hydrogens is 515 g/mol. The zero-order valence-corrected chi connectivity index (χ0v) is 27.7. The normalized spacial score (nSPS) is 10.3. The van der Waals surface area contributed by atoms with Gasteiger partial charge in [-0.2, -0.15) is 0 Å². The fourth-order valence-electron chi connectivity index (χ4n) is 3.89. The predicted octanol–water partition coefficient (Wildman–Crippen LogP) is 4.77. The second-order valence-corrected chi connectivity index (χ2v) is 11.2. The van der Waals surface area contributed by atoms with E-state index in [-0.39, 0.29) is 0 Å². The molecular formula is C32H45NO2Si3. The summed E-state index contributed by atoms with van der Waals surface area (Å²) in [5, 5.41) is 3.74. The smallest absolute Gasteiger partial charge is 0.182 e. The largest absolute Gasteiger partial charge is 0.494 e. The Bertz CT molecular complexity index is 1070. The van der Waals surface area contributed by atoms with Gasteiger partial charge in [-0.3, -0.25) is 0 Å². The molecule has 3 nitrogen and oxygen atoms in total. The number of aryl methyl sites for hydroxylation is 3. The molecule has 0 N–H and O–H groups in total. The molecule has 3 aromatic rings.